The second-order valence-corrected chi connectivity index (χ2v) is 6.27. The van der Waals surface area contributed by atoms with Crippen molar-refractivity contribution in [3.8, 4) is 0 Å². The van der Waals surface area contributed by atoms with E-state index in [9.17, 15) is 9.59 Å². The number of halogens is 1. The molecule has 0 aliphatic heterocycles. The summed E-state index contributed by atoms with van der Waals surface area (Å²) in [6.45, 7) is 1.90. The third-order valence-corrected chi connectivity index (χ3v) is 4.49. The zero-order valence-corrected chi connectivity index (χ0v) is 13.7. The van der Waals surface area contributed by atoms with Gasteiger partial charge in [0.2, 0.25) is 11.8 Å². The Bertz CT molecular complexity index is 527. The minimum Gasteiger partial charge on any atom is -0.348 e. The number of benzene rings is 1. The van der Waals surface area contributed by atoms with Crippen LogP contribution in [0.5, 0.6) is 0 Å². The molecule has 0 radical (unpaired) electrons. The molecular weight excluding hydrogens is 300 g/mol. The molecule has 2 N–H and O–H groups in total. The SMILES string of the molecule is CC(NC(=O)CNC(=O)C1CCCCC1)c1ccccc1Cl. The van der Waals surface area contributed by atoms with Crippen molar-refractivity contribution in [1.82, 2.24) is 10.6 Å². The number of carbonyl (C=O) groups is 2. The van der Waals surface area contributed by atoms with E-state index in [-0.39, 0.29) is 30.3 Å². The molecule has 2 rings (SSSR count). The van der Waals surface area contributed by atoms with Crippen molar-refractivity contribution in [3.05, 3.63) is 34.9 Å². The second kappa shape index (κ2) is 8.18. The Kier molecular flexibility index (Phi) is 6.25. The average Bonchev–Trinajstić information content (AvgIpc) is 2.53. The second-order valence-electron chi connectivity index (χ2n) is 5.86. The molecule has 1 aliphatic carbocycles. The molecule has 1 unspecified atom stereocenters. The molecule has 1 aromatic rings. The molecule has 0 aromatic heterocycles. The van der Waals surface area contributed by atoms with E-state index in [1.807, 2.05) is 25.1 Å². The Morgan fingerprint density at radius 1 is 1.23 bits per heavy atom. The van der Waals surface area contributed by atoms with Gasteiger partial charge >= 0.3 is 0 Å². The number of hydrogen-bond acceptors (Lipinski definition) is 2. The Morgan fingerprint density at radius 2 is 1.91 bits per heavy atom. The third kappa shape index (κ3) is 4.73. The number of carbonyl (C=O) groups excluding carboxylic acids is 2. The van der Waals surface area contributed by atoms with Gasteiger partial charge in [0, 0.05) is 10.9 Å². The highest BCUT2D eigenvalue weighted by molar-refractivity contribution is 6.31. The fourth-order valence-electron chi connectivity index (χ4n) is 2.87. The lowest BCUT2D eigenvalue weighted by Gasteiger charge is -2.21. The molecule has 0 heterocycles. The van der Waals surface area contributed by atoms with Crippen molar-refractivity contribution in [2.24, 2.45) is 5.92 Å². The van der Waals surface area contributed by atoms with E-state index in [4.69, 9.17) is 11.6 Å². The summed E-state index contributed by atoms with van der Waals surface area (Å²) in [6.07, 6.45) is 5.29. The Labute approximate surface area is 136 Å². The molecule has 1 aliphatic rings. The van der Waals surface area contributed by atoms with Crippen LogP contribution in [0.15, 0.2) is 24.3 Å². The van der Waals surface area contributed by atoms with Crippen LogP contribution in [0.3, 0.4) is 0 Å². The molecule has 1 fully saturated rings. The molecule has 4 nitrogen and oxygen atoms in total. The lowest BCUT2D eigenvalue weighted by atomic mass is 9.89. The highest BCUT2D eigenvalue weighted by atomic mass is 35.5. The predicted molar refractivity (Wildman–Crippen MR) is 87.6 cm³/mol. The molecule has 120 valence electrons. The van der Waals surface area contributed by atoms with Gasteiger partial charge < -0.3 is 10.6 Å². The van der Waals surface area contributed by atoms with Gasteiger partial charge in [-0.3, -0.25) is 9.59 Å². The smallest absolute Gasteiger partial charge is 0.239 e. The van der Waals surface area contributed by atoms with Crippen molar-refractivity contribution in [3.63, 3.8) is 0 Å². The summed E-state index contributed by atoms with van der Waals surface area (Å²) in [5.41, 5.74) is 0.871. The lowest BCUT2D eigenvalue weighted by molar-refractivity contribution is -0.129. The van der Waals surface area contributed by atoms with Gasteiger partial charge in [-0.2, -0.15) is 0 Å². The van der Waals surface area contributed by atoms with E-state index in [1.165, 1.54) is 6.42 Å². The summed E-state index contributed by atoms with van der Waals surface area (Å²) < 4.78 is 0. The first-order valence-corrected chi connectivity index (χ1v) is 8.27. The first-order chi connectivity index (χ1) is 10.6. The lowest BCUT2D eigenvalue weighted by Crippen LogP contribution is -2.40. The third-order valence-electron chi connectivity index (χ3n) is 4.15. The van der Waals surface area contributed by atoms with Crippen LogP contribution in [0.1, 0.15) is 50.6 Å². The number of amides is 2. The molecule has 22 heavy (non-hydrogen) atoms. The minimum atomic E-state index is -0.198. The van der Waals surface area contributed by atoms with Gasteiger partial charge in [-0.05, 0) is 31.4 Å². The van der Waals surface area contributed by atoms with Crippen molar-refractivity contribution < 1.29 is 9.59 Å². The molecule has 5 heteroatoms. The van der Waals surface area contributed by atoms with Gasteiger partial charge in [0.15, 0.2) is 0 Å². The van der Waals surface area contributed by atoms with Crippen LogP contribution >= 0.6 is 11.6 Å². The van der Waals surface area contributed by atoms with Crippen molar-refractivity contribution in [2.45, 2.75) is 45.1 Å². The Hall–Kier alpha value is -1.55. The summed E-state index contributed by atoms with van der Waals surface area (Å²) in [4.78, 5) is 24.0. The van der Waals surface area contributed by atoms with Gasteiger partial charge in [-0.25, -0.2) is 0 Å². The zero-order valence-electron chi connectivity index (χ0n) is 12.9. The van der Waals surface area contributed by atoms with Crippen LogP contribution in [0, 0.1) is 5.92 Å². The molecular formula is C17H23ClN2O2. The molecule has 0 saturated heterocycles. The highest BCUT2D eigenvalue weighted by Crippen LogP contribution is 2.24. The normalized spacial score (nSPS) is 16.8. The molecule has 0 spiro atoms. The summed E-state index contributed by atoms with van der Waals surface area (Å²) >= 11 is 6.11. The molecule has 2 amide bonds. The van der Waals surface area contributed by atoms with E-state index in [0.29, 0.717) is 5.02 Å². The van der Waals surface area contributed by atoms with E-state index < -0.39 is 0 Å². The topological polar surface area (TPSA) is 58.2 Å². The number of nitrogens with one attached hydrogen (secondary N) is 2. The maximum atomic E-state index is 12.0. The molecule has 1 saturated carbocycles. The van der Waals surface area contributed by atoms with Gasteiger partial charge in [0.05, 0.1) is 12.6 Å². The van der Waals surface area contributed by atoms with Crippen LogP contribution in [0.4, 0.5) is 0 Å². The summed E-state index contributed by atoms with van der Waals surface area (Å²) in [6, 6.07) is 7.23. The van der Waals surface area contributed by atoms with E-state index in [0.717, 1.165) is 31.2 Å². The highest BCUT2D eigenvalue weighted by Gasteiger charge is 2.21. The van der Waals surface area contributed by atoms with Crippen molar-refractivity contribution >= 4 is 23.4 Å². The monoisotopic (exact) mass is 322 g/mol. The maximum Gasteiger partial charge on any atom is 0.239 e. The first-order valence-electron chi connectivity index (χ1n) is 7.89. The van der Waals surface area contributed by atoms with Crippen molar-refractivity contribution in [2.75, 3.05) is 6.54 Å². The quantitative estimate of drug-likeness (QED) is 0.874. The Balaban J connectivity index is 1.78. The fraction of sp³-hybridized carbons (Fsp3) is 0.529. The molecule has 1 atom stereocenters. The van der Waals surface area contributed by atoms with Gasteiger partial charge in [0.1, 0.15) is 0 Å². The van der Waals surface area contributed by atoms with E-state index >= 15 is 0 Å². The maximum absolute atomic E-state index is 12.0. The fourth-order valence-corrected chi connectivity index (χ4v) is 3.17. The van der Waals surface area contributed by atoms with E-state index in [1.54, 1.807) is 6.07 Å². The molecule has 1 aromatic carbocycles. The van der Waals surface area contributed by atoms with Crippen LogP contribution in [0.25, 0.3) is 0 Å². The Morgan fingerprint density at radius 3 is 2.59 bits per heavy atom. The molecule has 0 bridgehead atoms. The summed E-state index contributed by atoms with van der Waals surface area (Å²) in [7, 11) is 0. The largest absolute Gasteiger partial charge is 0.348 e. The van der Waals surface area contributed by atoms with Crippen molar-refractivity contribution in [1.29, 1.82) is 0 Å². The standard InChI is InChI=1S/C17H23ClN2O2/c1-12(14-9-5-6-10-15(14)18)20-16(21)11-19-17(22)13-7-3-2-4-8-13/h5-6,9-10,12-13H,2-4,7-8,11H2,1H3,(H,19,22)(H,20,21). The summed E-state index contributed by atoms with van der Waals surface area (Å²) in [5.74, 6) is -0.126. The van der Waals surface area contributed by atoms with Crippen LogP contribution in [-0.2, 0) is 9.59 Å². The predicted octanol–water partition coefficient (Wildman–Crippen LogP) is 3.21. The average molecular weight is 323 g/mol. The summed E-state index contributed by atoms with van der Waals surface area (Å²) in [5, 5.41) is 6.22. The zero-order chi connectivity index (χ0) is 15.9. The van der Waals surface area contributed by atoms with Gasteiger partial charge in [-0.15, -0.1) is 0 Å². The van der Waals surface area contributed by atoms with Crippen LogP contribution in [-0.4, -0.2) is 18.4 Å². The minimum absolute atomic E-state index is 0.000228. The first kappa shape index (κ1) is 16.8. The number of hydrogen-bond donors (Lipinski definition) is 2. The van der Waals surface area contributed by atoms with E-state index in [2.05, 4.69) is 10.6 Å². The van der Waals surface area contributed by atoms with Crippen LogP contribution < -0.4 is 10.6 Å². The van der Waals surface area contributed by atoms with Gasteiger partial charge in [0.25, 0.3) is 0 Å². The number of rotatable bonds is 5. The van der Waals surface area contributed by atoms with Gasteiger partial charge in [-0.1, -0.05) is 49.1 Å². The van der Waals surface area contributed by atoms with Crippen LogP contribution in [0.2, 0.25) is 5.02 Å².